The van der Waals surface area contributed by atoms with Gasteiger partial charge in [-0.05, 0) is 25.7 Å². The van der Waals surface area contributed by atoms with Gasteiger partial charge in [-0.3, -0.25) is 4.90 Å². The zero-order valence-electron chi connectivity index (χ0n) is 11.2. The first-order valence-corrected chi connectivity index (χ1v) is 5.63. The maximum atomic E-state index is 11.6. The van der Waals surface area contributed by atoms with Crippen LogP contribution in [-0.4, -0.2) is 22.3 Å². The topological polar surface area (TPSA) is 98.4 Å². The second-order valence-corrected chi connectivity index (χ2v) is 5.43. The van der Waals surface area contributed by atoms with E-state index in [-0.39, 0.29) is 11.8 Å². The van der Waals surface area contributed by atoms with Crippen LogP contribution >= 0.6 is 0 Å². The van der Waals surface area contributed by atoms with Crippen LogP contribution in [0.4, 0.5) is 4.79 Å². The lowest BCUT2D eigenvalue weighted by Crippen LogP contribution is -2.73. The number of nitrogens with zero attached hydrogens (tertiary/aromatic N) is 1. The Balaban J connectivity index is 5.42. The Kier molecular flexibility index (Phi) is 4.36. The zero-order valence-corrected chi connectivity index (χ0v) is 11.2. The van der Waals surface area contributed by atoms with Gasteiger partial charge in [0.2, 0.25) is 0 Å². The molecule has 0 aliphatic carbocycles. The van der Waals surface area contributed by atoms with Crippen molar-refractivity contribution in [3.05, 3.63) is 0 Å². The summed E-state index contributed by atoms with van der Waals surface area (Å²) in [6.07, 6.45) is 0. The van der Waals surface area contributed by atoms with E-state index >= 15 is 0 Å². The first-order valence-electron chi connectivity index (χ1n) is 5.63. The van der Waals surface area contributed by atoms with Gasteiger partial charge in [0.25, 0.3) is 0 Å². The Labute approximate surface area is 98.3 Å². The van der Waals surface area contributed by atoms with Crippen LogP contribution in [0, 0.1) is 11.8 Å². The number of hydrogen-bond donors (Lipinski definition) is 3. The van der Waals surface area contributed by atoms with Crippen LogP contribution in [-0.2, 0) is 0 Å². The Morgan fingerprint density at radius 2 is 1.25 bits per heavy atom. The van der Waals surface area contributed by atoms with Crippen molar-refractivity contribution in [2.75, 3.05) is 0 Å². The molecule has 0 fully saturated rings. The molecule has 0 aromatic carbocycles. The minimum atomic E-state index is -0.862. The van der Waals surface area contributed by atoms with Crippen molar-refractivity contribution in [3.63, 3.8) is 0 Å². The second kappa shape index (κ2) is 4.59. The fraction of sp³-hybridized carbons (Fsp3) is 0.909. The summed E-state index contributed by atoms with van der Waals surface area (Å²) in [6.45, 7) is 11.3. The third-order valence-electron chi connectivity index (χ3n) is 3.52. The molecule has 0 aliphatic rings. The van der Waals surface area contributed by atoms with Crippen LogP contribution in [0.15, 0.2) is 0 Å². The van der Waals surface area contributed by atoms with E-state index in [4.69, 9.17) is 17.2 Å². The largest absolute Gasteiger partial charge is 0.351 e. The number of nitrogens with two attached hydrogens (primary N) is 3. The standard InChI is InChI=1S/C11H26N4O/c1-7(2)10(5,13)15(9(12)16)11(6,14)8(3)4/h7-8H,13-14H2,1-6H3,(H2,12,16). The lowest BCUT2D eigenvalue weighted by molar-refractivity contribution is -0.00692. The first kappa shape index (κ1) is 15.2. The van der Waals surface area contributed by atoms with Gasteiger partial charge in [0, 0.05) is 0 Å². The maximum absolute atomic E-state index is 11.6. The SMILES string of the molecule is CC(C)C(C)(N)N(C(N)=O)C(C)(N)C(C)C. The number of carbonyl (C=O) groups excluding carboxylic acids is 1. The highest BCUT2D eigenvalue weighted by Gasteiger charge is 2.44. The highest BCUT2D eigenvalue weighted by molar-refractivity contribution is 5.73. The molecule has 6 N–H and O–H groups in total. The summed E-state index contributed by atoms with van der Waals surface area (Å²) < 4.78 is 0. The van der Waals surface area contributed by atoms with E-state index < -0.39 is 17.4 Å². The smallest absolute Gasteiger partial charge is 0.317 e. The van der Waals surface area contributed by atoms with Gasteiger partial charge in [0.05, 0.1) is 11.3 Å². The molecule has 0 rings (SSSR count). The molecule has 0 saturated carbocycles. The third kappa shape index (κ3) is 2.65. The molecule has 0 heterocycles. The molecule has 0 spiro atoms. The molecule has 0 aliphatic heterocycles. The highest BCUT2D eigenvalue weighted by Crippen LogP contribution is 2.28. The predicted molar refractivity (Wildman–Crippen MR) is 66.3 cm³/mol. The second-order valence-electron chi connectivity index (χ2n) is 5.43. The summed E-state index contributed by atoms with van der Waals surface area (Å²) in [5.41, 5.74) is 16.0. The minimum Gasteiger partial charge on any atom is -0.351 e. The molecular formula is C11H26N4O. The zero-order chi connectivity index (χ0) is 13.3. The summed E-state index contributed by atoms with van der Waals surface area (Å²) in [5, 5.41) is 0. The number of primary amides is 1. The average Bonchev–Trinajstić information content (AvgIpc) is 2.00. The van der Waals surface area contributed by atoms with Crippen molar-refractivity contribution in [3.8, 4) is 0 Å². The van der Waals surface area contributed by atoms with Gasteiger partial charge in [-0.25, -0.2) is 4.79 Å². The van der Waals surface area contributed by atoms with E-state index in [1.807, 2.05) is 27.7 Å². The van der Waals surface area contributed by atoms with Crippen molar-refractivity contribution in [1.29, 1.82) is 0 Å². The summed E-state index contributed by atoms with van der Waals surface area (Å²) in [5.74, 6) is 0.114. The summed E-state index contributed by atoms with van der Waals surface area (Å²) in [7, 11) is 0. The van der Waals surface area contributed by atoms with Gasteiger partial charge in [0.15, 0.2) is 0 Å². The lowest BCUT2D eigenvalue weighted by atomic mass is 9.89. The quantitative estimate of drug-likeness (QED) is 0.629. The molecular weight excluding hydrogens is 204 g/mol. The van der Waals surface area contributed by atoms with E-state index in [0.29, 0.717) is 0 Å². The summed E-state index contributed by atoms with van der Waals surface area (Å²) >= 11 is 0. The molecule has 96 valence electrons. The molecule has 2 amide bonds. The molecule has 0 bridgehead atoms. The van der Waals surface area contributed by atoms with Crippen LogP contribution in [0.3, 0.4) is 0 Å². The Hall–Kier alpha value is -0.810. The Bertz CT molecular complexity index is 239. The van der Waals surface area contributed by atoms with Crippen LogP contribution in [0.2, 0.25) is 0 Å². The Morgan fingerprint density at radius 1 is 1.00 bits per heavy atom. The van der Waals surface area contributed by atoms with E-state index in [9.17, 15) is 4.79 Å². The predicted octanol–water partition coefficient (Wildman–Crippen LogP) is 1.03. The van der Waals surface area contributed by atoms with Crippen LogP contribution in [0.25, 0.3) is 0 Å². The number of hydrogen-bond acceptors (Lipinski definition) is 3. The van der Waals surface area contributed by atoms with Gasteiger partial charge in [0.1, 0.15) is 0 Å². The number of amides is 2. The fourth-order valence-corrected chi connectivity index (χ4v) is 1.51. The summed E-state index contributed by atoms with van der Waals surface area (Å²) in [4.78, 5) is 13.0. The molecule has 16 heavy (non-hydrogen) atoms. The number of urea groups is 1. The van der Waals surface area contributed by atoms with Gasteiger partial charge >= 0.3 is 6.03 Å². The molecule has 2 atom stereocenters. The van der Waals surface area contributed by atoms with E-state index in [1.165, 1.54) is 4.90 Å². The van der Waals surface area contributed by atoms with E-state index in [0.717, 1.165) is 0 Å². The number of carbonyl (C=O) groups is 1. The Morgan fingerprint density at radius 3 is 1.38 bits per heavy atom. The molecule has 5 heteroatoms. The molecule has 5 nitrogen and oxygen atoms in total. The first-order chi connectivity index (χ1) is 6.95. The highest BCUT2D eigenvalue weighted by atomic mass is 16.2. The van der Waals surface area contributed by atoms with Crippen molar-refractivity contribution >= 4 is 6.03 Å². The average molecular weight is 230 g/mol. The van der Waals surface area contributed by atoms with E-state index in [2.05, 4.69) is 0 Å². The molecule has 2 unspecified atom stereocenters. The molecule has 0 saturated heterocycles. The maximum Gasteiger partial charge on any atom is 0.317 e. The van der Waals surface area contributed by atoms with Gasteiger partial charge in [-0.15, -0.1) is 0 Å². The molecule has 0 aromatic rings. The summed E-state index contributed by atoms with van der Waals surface area (Å²) in [6, 6.07) is -0.586. The minimum absolute atomic E-state index is 0.0571. The van der Waals surface area contributed by atoms with Crippen molar-refractivity contribution < 1.29 is 4.79 Å². The lowest BCUT2D eigenvalue weighted by Gasteiger charge is -2.50. The van der Waals surface area contributed by atoms with Crippen LogP contribution < -0.4 is 17.2 Å². The third-order valence-corrected chi connectivity index (χ3v) is 3.52. The van der Waals surface area contributed by atoms with Gasteiger partial charge in [-0.2, -0.15) is 0 Å². The fourth-order valence-electron chi connectivity index (χ4n) is 1.51. The molecule has 0 aromatic heterocycles. The normalized spacial score (nSPS) is 19.4. The van der Waals surface area contributed by atoms with Crippen molar-refractivity contribution in [2.24, 2.45) is 29.0 Å². The van der Waals surface area contributed by atoms with Crippen molar-refractivity contribution in [1.82, 2.24) is 4.90 Å². The van der Waals surface area contributed by atoms with E-state index in [1.54, 1.807) is 13.8 Å². The molecule has 0 radical (unpaired) electrons. The van der Waals surface area contributed by atoms with Gasteiger partial charge in [-0.1, -0.05) is 27.7 Å². The van der Waals surface area contributed by atoms with Crippen LogP contribution in [0.1, 0.15) is 41.5 Å². The van der Waals surface area contributed by atoms with Crippen LogP contribution in [0.5, 0.6) is 0 Å². The number of rotatable bonds is 4. The van der Waals surface area contributed by atoms with Crippen molar-refractivity contribution in [2.45, 2.75) is 52.9 Å². The van der Waals surface area contributed by atoms with Gasteiger partial charge < -0.3 is 17.2 Å². The monoisotopic (exact) mass is 230 g/mol.